The molecule has 1 aromatic rings. The average molecular weight is 457 g/mol. The molecule has 0 heterocycles. The Bertz CT molecular complexity index is 895. The molecule has 0 aliphatic heterocycles. The fourth-order valence-corrected chi connectivity index (χ4v) is 3.90. The molecular formula is C25H36N4O4. The van der Waals surface area contributed by atoms with E-state index in [2.05, 4.69) is 10.6 Å². The molecule has 180 valence electrons. The fourth-order valence-electron chi connectivity index (χ4n) is 3.90. The molecule has 33 heavy (non-hydrogen) atoms. The molecule has 1 saturated carbocycles. The third-order valence-corrected chi connectivity index (χ3v) is 5.70. The third-order valence-electron chi connectivity index (χ3n) is 5.70. The van der Waals surface area contributed by atoms with Crippen LogP contribution in [0.3, 0.4) is 0 Å². The number of alkyl carbamates (subject to hydrolysis) is 1. The Balaban J connectivity index is 2.28. The number of hydrogen-bond donors (Lipinski definition) is 2. The molecule has 0 radical (unpaired) electrons. The summed E-state index contributed by atoms with van der Waals surface area (Å²) < 4.78 is 5.18. The number of nitrogens with zero attached hydrogens (tertiary/aromatic N) is 2. The van der Waals surface area contributed by atoms with E-state index in [1.807, 2.05) is 38.1 Å². The van der Waals surface area contributed by atoms with E-state index in [-0.39, 0.29) is 25.0 Å². The van der Waals surface area contributed by atoms with Gasteiger partial charge in [0.15, 0.2) is 0 Å². The number of ether oxygens (including phenoxy) is 1. The van der Waals surface area contributed by atoms with Crippen LogP contribution < -0.4 is 10.6 Å². The number of carbonyl (C=O) groups excluding carboxylic acids is 3. The molecule has 8 heteroatoms. The van der Waals surface area contributed by atoms with Crippen molar-refractivity contribution in [2.75, 3.05) is 13.1 Å². The Labute approximate surface area is 196 Å². The van der Waals surface area contributed by atoms with E-state index >= 15 is 0 Å². The van der Waals surface area contributed by atoms with E-state index in [0.717, 1.165) is 43.2 Å². The van der Waals surface area contributed by atoms with Crippen LogP contribution in [0, 0.1) is 25.2 Å². The van der Waals surface area contributed by atoms with E-state index in [0.29, 0.717) is 5.56 Å². The lowest BCUT2D eigenvalue weighted by atomic mass is 9.94. The third kappa shape index (κ3) is 8.08. The zero-order valence-electron chi connectivity index (χ0n) is 20.4. The van der Waals surface area contributed by atoms with Crippen molar-refractivity contribution < 1.29 is 19.1 Å². The van der Waals surface area contributed by atoms with Crippen molar-refractivity contribution in [3.63, 3.8) is 0 Å². The molecule has 1 atom stereocenters. The molecule has 1 aromatic carbocycles. The summed E-state index contributed by atoms with van der Waals surface area (Å²) >= 11 is 0. The van der Waals surface area contributed by atoms with Gasteiger partial charge in [0, 0.05) is 6.04 Å². The van der Waals surface area contributed by atoms with Gasteiger partial charge in [0.2, 0.25) is 11.8 Å². The first-order valence-corrected chi connectivity index (χ1v) is 11.5. The van der Waals surface area contributed by atoms with Gasteiger partial charge in [-0.05, 0) is 64.2 Å². The molecule has 1 aliphatic rings. The molecule has 3 amide bonds. The van der Waals surface area contributed by atoms with Crippen LogP contribution in [0.4, 0.5) is 4.79 Å². The Morgan fingerprint density at radius 1 is 1.15 bits per heavy atom. The van der Waals surface area contributed by atoms with Gasteiger partial charge in [-0.15, -0.1) is 0 Å². The summed E-state index contributed by atoms with van der Waals surface area (Å²) in [7, 11) is 0. The smallest absolute Gasteiger partial charge is 0.408 e. The number of amides is 3. The first-order chi connectivity index (χ1) is 15.5. The van der Waals surface area contributed by atoms with Crippen molar-refractivity contribution in [1.29, 1.82) is 5.26 Å². The number of rotatable bonds is 7. The Morgan fingerprint density at radius 2 is 1.82 bits per heavy atom. The van der Waals surface area contributed by atoms with Crippen LogP contribution in [0.15, 0.2) is 18.2 Å². The highest BCUT2D eigenvalue weighted by Crippen LogP contribution is 2.25. The second kappa shape index (κ2) is 11.7. The predicted molar refractivity (Wildman–Crippen MR) is 125 cm³/mol. The fraction of sp³-hybridized carbons (Fsp3) is 0.600. The Morgan fingerprint density at radius 3 is 2.39 bits per heavy atom. The van der Waals surface area contributed by atoms with Crippen LogP contribution in [0.1, 0.15) is 75.6 Å². The molecule has 2 N–H and O–H groups in total. The minimum Gasteiger partial charge on any atom is -0.444 e. The summed E-state index contributed by atoms with van der Waals surface area (Å²) in [6.45, 7) is 8.42. The van der Waals surface area contributed by atoms with Gasteiger partial charge in [0.05, 0.1) is 6.07 Å². The molecule has 2 rings (SSSR count). The quantitative estimate of drug-likeness (QED) is 0.608. The summed E-state index contributed by atoms with van der Waals surface area (Å²) in [5.41, 5.74) is 1.97. The highest BCUT2D eigenvalue weighted by Gasteiger charge is 2.33. The van der Waals surface area contributed by atoms with Crippen molar-refractivity contribution in [1.82, 2.24) is 15.5 Å². The Kier molecular flexibility index (Phi) is 9.27. The predicted octanol–water partition coefficient (Wildman–Crippen LogP) is 3.67. The lowest BCUT2D eigenvalue weighted by Crippen LogP contribution is -2.49. The molecule has 0 aromatic heterocycles. The summed E-state index contributed by atoms with van der Waals surface area (Å²) in [6, 6.07) is 6.66. The highest BCUT2D eigenvalue weighted by atomic mass is 16.6. The monoisotopic (exact) mass is 456 g/mol. The van der Waals surface area contributed by atoms with Crippen molar-refractivity contribution in [3.8, 4) is 6.07 Å². The molecule has 8 nitrogen and oxygen atoms in total. The topological polar surface area (TPSA) is 112 Å². The minimum atomic E-state index is -0.973. The molecule has 0 bridgehead atoms. The van der Waals surface area contributed by atoms with Crippen molar-refractivity contribution >= 4 is 17.9 Å². The van der Waals surface area contributed by atoms with Crippen molar-refractivity contribution in [3.05, 3.63) is 34.9 Å². The minimum absolute atomic E-state index is 0.0548. The number of hydrogen-bond acceptors (Lipinski definition) is 5. The van der Waals surface area contributed by atoms with Crippen LogP contribution in [0.5, 0.6) is 0 Å². The van der Waals surface area contributed by atoms with E-state index in [4.69, 9.17) is 4.74 Å². The second-order valence-electron chi connectivity index (χ2n) is 9.62. The van der Waals surface area contributed by atoms with Gasteiger partial charge >= 0.3 is 6.09 Å². The largest absolute Gasteiger partial charge is 0.444 e. The van der Waals surface area contributed by atoms with Crippen LogP contribution in [0.2, 0.25) is 0 Å². The average Bonchev–Trinajstić information content (AvgIpc) is 2.73. The normalized spacial score (nSPS) is 15.2. The van der Waals surface area contributed by atoms with Gasteiger partial charge in [-0.25, -0.2) is 4.79 Å². The molecule has 1 unspecified atom stereocenters. The number of carbonyl (C=O) groups is 3. The number of nitrogens with one attached hydrogen (secondary N) is 2. The van der Waals surface area contributed by atoms with Crippen molar-refractivity contribution in [2.45, 2.75) is 84.4 Å². The number of benzene rings is 1. The molecular weight excluding hydrogens is 420 g/mol. The standard InChI is InChI=1S/C25H36N4O4/c1-17-11-12-19(15-18(17)2)22(23(31)28-20-9-7-6-8-10-20)29(14-13-26)21(30)16-27-24(32)33-25(3,4)5/h11-12,15,20,22H,6-10,14,16H2,1-5H3,(H,27,32)(H,28,31). The summed E-state index contributed by atoms with van der Waals surface area (Å²) in [6.07, 6.45) is 4.33. The van der Waals surface area contributed by atoms with Crippen LogP contribution in [-0.2, 0) is 14.3 Å². The van der Waals surface area contributed by atoms with Gasteiger partial charge in [0.1, 0.15) is 24.7 Å². The van der Waals surface area contributed by atoms with E-state index in [9.17, 15) is 19.6 Å². The SMILES string of the molecule is Cc1ccc(C(C(=O)NC2CCCCC2)N(CC#N)C(=O)CNC(=O)OC(C)(C)C)cc1C. The van der Waals surface area contributed by atoms with Gasteiger partial charge in [0.25, 0.3) is 0 Å². The van der Waals surface area contributed by atoms with Crippen molar-refractivity contribution in [2.24, 2.45) is 0 Å². The first kappa shape index (κ1) is 26.2. The molecule has 0 saturated heterocycles. The first-order valence-electron chi connectivity index (χ1n) is 11.5. The Hall–Kier alpha value is -3.08. The molecule has 0 spiro atoms. The number of aryl methyl sites for hydroxylation is 2. The lowest BCUT2D eigenvalue weighted by molar-refractivity contribution is -0.139. The molecule has 1 aliphatic carbocycles. The summed E-state index contributed by atoms with van der Waals surface area (Å²) in [5, 5.41) is 14.9. The van der Waals surface area contributed by atoms with E-state index < -0.39 is 23.6 Å². The lowest BCUT2D eigenvalue weighted by Gasteiger charge is -2.32. The van der Waals surface area contributed by atoms with E-state index in [1.165, 1.54) is 4.90 Å². The summed E-state index contributed by atoms with van der Waals surface area (Å²) in [5.74, 6) is -0.851. The zero-order chi connectivity index (χ0) is 24.6. The maximum atomic E-state index is 13.4. The zero-order valence-corrected chi connectivity index (χ0v) is 20.4. The molecule has 1 fully saturated rings. The maximum absolute atomic E-state index is 13.4. The number of nitriles is 1. The van der Waals surface area contributed by atoms with Crippen LogP contribution >= 0.6 is 0 Å². The summed E-state index contributed by atoms with van der Waals surface area (Å²) in [4.78, 5) is 39.8. The van der Waals surface area contributed by atoms with Gasteiger partial charge in [-0.3, -0.25) is 9.59 Å². The van der Waals surface area contributed by atoms with Gasteiger partial charge < -0.3 is 20.3 Å². The van der Waals surface area contributed by atoms with Gasteiger partial charge in [-0.1, -0.05) is 37.5 Å². The highest BCUT2D eigenvalue weighted by molar-refractivity contribution is 5.90. The van der Waals surface area contributed by atoms with Crippen LogP contribution in [-0.4, -0.2) is 47.5 Å². The van der Waals surface area contributed by atoms with Crippen LogP contribution in [0.25, 0.3) is 0 Å². The maximum Gasteiger partial charge on any atom is 0.408 e. The van der Waals surface area contributed by atoms with E-state index in [1.54, 1.807) is 20.8 Å². The van der Waals surface area contributed by atoms with Gasteiger partial charge in [-0.2, -0.15) is 5.26 Å². The second-order valence-corrected chi connectivity index (χ2v) is 9.62.